The number of carbonyl (C=O) groups is 1. The Morgan fingerprint density at radius 3 is 2.75 bits per heavy atom. The molecule has 2 heterocycles. The summed E-state index contributed by atoms with van der Waals surface area (Å²) < 4.78 is 1.70. The zero-order valence-electron chi connectivity index (χ0n) is 11.8. The van der Waals surface area contributed by atoms with Crippen molar-refractivity contribution >= 4 is 22.9 Å². The van der Waals surface area contributed by atoms with Crippen LogP contribution in [0.5, 0.6) is 0 Å². The molecular formula is C13H18N4O2S. The lowest BCUT2D eigenvalue weighted by atomic mass is 10.2. The lowest BCUT2D eigenvalue weighted by Gasteiger charge is -2.06. The fourth-order valence-electron chi connectivity index (χ4n) is 2.01. The number of hydrogen-bond donors (Lipinski definition) is 2. The highest BCUT2D eigenvalue weighted by molar-refractivity contribution is 7.07. The van der Waals surface area contributed by atoms with Gasteiger partial charge < -0.3 is 9.88 Å². The summed E-state index contributed by atoms with van der Waals surface area (Å²) in [6.07, 6.45) is 1.02. The van der Waals surface area contributed by atoms with Crippen molar-refractivity contribution in [3.8, 4) is 0 Å². The van der Waals surface area contributed by atoms with Crippen molar-refractivity contribution in [3.63, 3.8) is 0 Å². The van der Waals surface area contributed by atoms with E-state index in [1.807, 2.05) is 26.2 Å². The number of rotatable bonds is 5. The van der Waals surface area contributed by atoms with Crippen LogP contribution in [0.2, 0.25) is 0 Å². The van der Waals surface area contributed by atoms with Crippen molar-refractivity contribution in [3.05, 3.63) is 32.1 Å². The number of anilines is 1. The summed E-state index contributed by atoms with van der Waals surface area (Å²) in [4.78, 5) is 23.4. The molecule has 2 aromatic heterocycles. The number of nitrogens with zero attached hydrogens (tertiary/aromatic N) is 2. The molecule has 0 fully saturated rings. The van der Waals surface area contributed by atoms with Gasteiger partial charge in [-0.3, -0.25) is 14.7 Å². The number of H-pyrrole nitrogens is 1. The maximum atomic E-state index is 11.9. The second kappa shape index (κ2) is 6.04. The smallest absolute Gasteiger partial charge is 0.307 e. The average Bonchev–Trinajstić information content (AvgIpc) is 2.88. The molecule has 2 rings (SSSR count). The minimum Gasteiger partial charge on any atom is -0.323 e. The first kappa shape index (κ1) is 14.5. The SMILES string of the molecule is Cc1n[nH]c(C)c1NC(=O)CCCn1c(C)csc1=O. The Hall–Kier alpha value is -1.89. The number of nitrogens with one attached hydrogen (secondary N) is 2. The summed E-state index contributed by atoms with van der Waals surface area (Å²) in [6.45, 7) is 6.18. The Kier molecular flexibility index (Phi) is 4.39. The Labute approximate surface area is 120 Å². The van der Waals surface area contributed by atoms with Crippen LogP contribution in [0.3, 0.4) is 0 Å². The second-order valence-corrected chi connectivity index (χ2v) is 5.58. The van der Waals surface area contributed by atoms with Crippen LogP contribution in [0.4, 0.5) is 5.69 Å². The Bertz CT molecular complexity index is 649. The summed E-state index contributed by atoms with van der Waals surface area (Å²) in [5.74, 6) is -0.0569. The highest BCUT2D eigenvalue weighted by Crippen LogP contribution is 2.16. The minimum atomic E-state index is -0.0569. The molecule has 2 aromatic rings. The van der Waals surface area contributed by atoms with Crippen molar-refractivity contribution in [2.45, 2.75) is 40.2 Å². The van der Waals surface area contributed by atoms with Crippen molar-refractivity contribution in [2.24, 2.45) is 0 Å². The maximum absolute atomic E-state index is 11.9. The van der Waals surface area contributed by atoms with Gasteiger partial charge in [0.1, 0.15) is 0 Å². The first-order chi connectivity index (χ1) is 9.49. The number of aromatic amines is 1. The van der Waals surface area contributed by atoms with Gasteiger partial charge in [0.25, 0.3) is 0 Å². The van der Waals surface area contributed by atoms with Crippen molar-refractivity contribution in [2.75, 3.05) is 5.32 Å². The molecule has 6 nitrogen and oxygen atoms in total. The fraction of sp³-hybridized carbons (Fsp3) is 0.462. The first-order valence-corrected chi connectivity index (χ1v) is 7.33. The van der Waals surface area contributed by atoms with E-state index in [1.165, 1.54) is 11.3 Å². The summed E-state index contributed by atoms with van der Waals surface area (Å²) in [5, 5.41) is 11.5. The van der Waals surface area contributed by atoms with Crippen LogP contribution in [0.1, 0.15) is 29.9 Å². The van der Waals surface area contributed by atoms with E-state index in [-0.39, 0.29) is 10.8 Å². The Balaban J connectivity index is 1.86. The van der Waals surface area contributed by atoms with Gasteiger partial charge in [0.15, 0.2) is 0 Å². The predicted molar refractivity (Wildman–Crippen MR) is 79.2 cm³/mol. The van der Waals surface area contributed by atoms with E-state index in [0.717, 1.165) is 22.8 Å². The number of aryl methyl sites for hydroxylation is 3. The third-order valence-electron chi connectivity index (χ3n) is 3.15. The molecule has 0 saturated heterocycles. The van der Waals surface area contributed by atoms with E-state index in [1.54, 1.807) is 4.57 Å². The van der Waals surface area contributed by atoms with Gasteiger partial charge in [-0.2, -0.15) is 5.10 Å². The first-order valence-electron chi connectivity index (χ1n) is 6.45. The van der Waals surface area contributed by atoms with Gasteiger partial charge in [0.2, 0.25) is 5.91 Å². The molecule has 7 heteroatoms. The summed E-state index contributed by atoms with van der Waals surface area (Å²) >= 11 is 1.19. The van der Waals surface area contributed by atoms with E-state index in [2.05, 4.69) is 15.5 Å². The van der Waals surface area contributed by atoms with Gasteiger partial charge in [-0.1, -0.05) is 11.3 Å². The molecule has 0 saturated carbocycles. The molecule has 0 aromatic carbocycles. The van der Waals surface area contributed by atoms with Crippen molar-refractivity contribution < 1.29 is 4.79 Å². The molecule has 0 atom stereocenters. The predicted octanol–water partition coefficient (Wildman–Crippen LogP) is 1.98. The monoisotopic (exact) mass is 294 g/mol. The molecule has 1 amide bonds. The quantitative estimate of drug-likeness (QED) is 0.885. The van der Waals surface area contributed by atoms with Crippen LogP contribution in [0.15, 0.2) is 10.2 Å². The van der Waals surface area contributed by atoms with Crippen LogP contribution in [0, 0.1) is 20.8 Å². The highest BCUT2D eigenvalue weighted by Gasteiger charge is 2.10. The van der Waals surface area contributed by atoms with Crippen LogP contribution in [0.25, 0.3) is 0 Å². The standard InChI is InChI=1S/C13H18N4O2S/c1-8-7-20-13(19)17(8)6-4-5-11(18)14-12-9(2)15-16-10(12)3/h7H,4-6H2,1-3H3,(H,14,18)(H,15,16). The minimum absolute atomic E-state index is 0.0319. The number of hydrogen-bond acceptors (Lipinski definition) is 4. The molecule has 0 radical (unpaired) electrons. The third-order valence-corrected chi connectivity index (χ3v) is 4.04. The van der Waals surface area contributed by atoms with Gasteiger partial charge in [0.05, 0.1) is 17.1 Å². The second-order valence-electron chi connectivity index (χ2n) is 4.76. The zero-order chi connectivity index (χ0) is 14.7. The van der Waals surface area contributed by atoms with Crippen molar-refractivity contribution in [1.29, 1.82) is 0 Å². The van der Waals surface area contributed by atoms with Gasteiger partial charge in [-0.05, 0) is 27.2 Å². The summed E-state index contributed by atoms with van der Waals surface area (Å²) in [5.41, 5.74) is 3.32. The molecule has 0 unspecified atom stereocenters. The maximum Gasteiger partial charge on any atom is 0.307 e. The molecule has 0 aliphatic rings. The van der Waals surface area contributed by atoms with Gasteiger partial charge in [-0.25, -0.2) is 0 Å². The molecular weight excluding hydrogens is 276 g/mol. The highest BCUT2D eigenvalue weighted by atomic mass is 32.1. The number of thiazole rings is 1. The van der Waals surface area contributed by atoms with Crippen LogP contribution >= 0.6 is 11.3 Å². The van der Waals surface area contributed by atoms with Gasteiger partial charge >= 0.3 is 4.87 Å². The van der Waals surface area contributed by atoms with Crippen LogP contribution in [-0.4, -0.2) is 20.7 Å². The molecule has 0 aliphatic carbocycles. The molecule has 0 bridgehead atoms. The largest absolute Gasteiger partial charge is 0.323 e. The lowest BCUT2D eigenvalue weighted by molar-refractivity contribution is -0.116. The van der Waals surface area contributed by atoms with E-state index in [9.17, 15) is 9.59 Å². The zero-order valence-corrected chi connectivity index (χ0v) is 12.6. The summed E-state index contributed by atoms with van der Waals surface area (Å²) in [6, 6.07) is 0. The van der Waals surface area contributed by atoms with Gasteiger partial charge in [-0.15, -0.1) is 0 Å². The molecule has 108 valence electrons. The van der Waals surface area contributed by atoms with Crippen molar-refractivity contribution in [1.82, 2.24) is 14.8 Å². The van der Waals surface area contributed by atoms with E-state index in [4.69, 9.17) is 0 Å². The van der Waals surface area contributed by atoms with Crippen LogP contribution < -0.4 is 10.2 Å². The van der Waals surface area contributed by atoms with E-state index in [0.29, 0.717) is 19.4 Å². The number of carbonyl (C=O) groups excluding carboxylic acids is 1. The third kappa shape index (κ3) is 3.16. The molecule has 2 N–H and O–H groups in total. The topological polar surface area (TPSA) is 79.8 Å². The number of aromatic nitrogens is 3. The Morgan fingerprint density at radius 1 is 1.45 bits per heavy atom. The fourth-order valence-corrected chi connectivity index (χ4v) is 2.77. The molecule has 0 aliphatic heterocycles. The van der Waals surface area contributed by atoms with Gasteiger partial charge in [0, 0.05) is 24.0 Å². The number of amides is 1. The molecule has 0 spiro atoms. The Morgan fingerprint density at radius 2 is 2.20 bits per heavy atom. The van der Waals surface area contributed by atoms with Crippen LogP contribution in [-0.2, 0) is 11.3 Å². The normalized spacial score (nSPS) is 10.8. The van der Waals surface area contributed by atoms with E-state index < -0.39 is 0 Å². The average molecular weight is 294 g/mol. The lowest BCUT2D eigenvalue weighted by Crippen LogP contribution is -2.17. The molecule has 20 heavy (non-hydrogen) atoms. The summed E-state index contributed by atoms with van der Waals surface area (Å²) in [7, 11) is 0. The van der Waals surface area contributed by atoms with E-state index >= 15 is 0 Å².